The van der Waals surface area contributed by atoms with E-state index in [1.165, 1.54) is 17.4 Å². The fourth-order valence-corrected chi connectivity index (χ4v) is 4.19. The summed E-state index contributed by atoms with van der Waals surface area (Å²) in [5, 5.41) is 13.2. The van der Waals surface area contributed by atoms with Crippen molar-refractivity contribution in [1.82, 2.24) is 15.2 Å². The third-order valence-corrected chi connectivity index (χ3v) is 6.10. The summed E-state index contributed by atoms with van der Waals surface area (Å²) in [7, 11) is 0. The van der Waals surface area contributed by atoms with Crippen LogP contribution in [0.25, 0.3) is 21.6 Å². The predicted octanol–water partition coefficient (Wildman–Crippen LogP) is 6.56. The molecule has 1 saturated carbocycles. The molecule has 29 heavy (non-hydrogen) atoms. The van der Waals surface area contributed by atoms with Gasteiger partial charge in [0.15, 0.2) is 5.01 Å². The summed E-state index contributed by atoms with van der Waals surface area (Å²) in [6.07, 6.45) is 0.754. The van der Waals surface area contributed by atoms with E-state index < -0.39 is 11.7 Å². The average Bonchev–Trinajstić information content (AvgIpc) is 3.42. The normalized spacial score (nSPS) is 14.5. The van der Waals surface area contributed by atoms with E-state index in [2.05, 4.69) is 27.4 Å². The fraction of sp³-hybridized carbons (Fsp3) is 0.476. The van der Waals surface area contributed by atoms with Gasteiger partial charge in [-0.25, -0.2) is 4.98 Å². The monoisotopic (exact) mass is 420 g/mol. The second-order valence-electron chi connectivity index (χ2n) is 7.61. The van der Waals surface area contributed by atoms with Gasteiger partial charge < -0.3 is 5.32 Å². The number of unbranched alkanes of at least 4 members (excludes halogenated alkanes) is 2. The number of rotatable bonds is 7. The maximum Gasteiger partial charge on any atom is 0.418 e. The Morgan fingerprint density at radius 1 is 1.14 bits per heavy atom. The van der Waals surface area contributed by atoms with Gasteiger partial charge >= 0.3 is 6.18 Å². The molecule has 154 valence electrons. The van der Waals surface area contributed by atoms with Crippen molar-refractivity contribution in [2.24, 2.45) is 0 Å². The smallest absolute Gasteiger partial charge is 0.360 e. The number of fused-ring (bicyclic) bond motifs is 1. The molecule has 1 aromatic carbocycles. The van der Waals surface area contributed by atoms with E-state index in [9.17, 15) is 13.2 Å². The highest BCUT2D eigenvalue weighted by Crippen LogP contribution is 2.45. The lowest BCUT2D eigenvalue weighted by Gasteiger charge is -2.14. The van der Waals surface area contributed by atoms with Gasteiger partial charge in [0.1, 0.15) is 5.69 Å². The maximum atomic E-state index is 13.8. The molecular weight excluding hydrogens is 397 g/mol. The van der Waals surface area contributed by atoms with Crippen molar-refractivity contribution in [1.29, 1.82) is 0 Å². The van der Waals surface area contributed by atoms with E-state index in [1.54, 1.807) is 6.07 Å². The van der Waals surface area contributed by atoms with Crippen LogP contribution in [0.15, 0.2) is 18.2 Å². The summed E-state index contributed by atoms with van der Waals surface area (Å²) in [5.74, 6) is 0.240. The Kier molecular flexibility index (Phi) is 5.46. The van der Waals surface area contributed by atoms with Crippen LogP contribution in [-0.4, -0.2) is 21.7 Å². The lowest BCUT2D eigenvalue weighted by atomic mass is 9.98. The van der Waals surface area contributed by atoms with Crippen molar-refractivity contribution < 1.29 is 13.2 Å². The number of pyridine rings is 1. The highest BCUT2D eigenvalue weighted by atomic mass is 32.1. The quantitative estimate of drug-likeness (QED) is 0.440. The molecule has 0 unspecified atom stereocenters. The highest BCUT2D eigenvalue weighted by molar-refractivity contribution is 7.18. The second-order valence-corrected chi connectivity index (χ2v) is 8.58. The number of anilines is 1. The zero-order valence-electron chi connectivity index (χ0n) is 16.4. The SMILES string of the molecule is CCCCCNc1nnc(-c2cc(C)c3cc(C4CC4)cc(C(F)(F)F)c3n2)s1. The van der Waals surface area contributed by atoms with Crippen LogP contribution >= 0.6 is 11.3 Å². The van der Waals surface area contributed by atoms with Gasteiger partial charge in [0.05, 0.1) is 11.1 Å². The van der Waals surface area contributed by atoms with Crippen LogP contribution in [0.3, 0.4) is 0 Å². The van der Waals surface area contributed by atoms with Crippen molar-refractivity contribution in [3.05, 3.63) is 34.9 Å². The van der Waals surface area contributed by atoms with Crippen LogP contribution in [0.5, 0.6) is 0 Å². The summed E-state index contributed by atoms with van der Waals surface area (Å²) in [4.78, 5) is 4.38. The largest absolute Gasteiger partial charge is 0.418 e. The molecule has 0 amide bonds. The predicted molar refractivity (Wildman–Crippen MR) is 110 cm³/mol. The molecule has 0 bridgehead atoms. The molecule has 0 radical (unpaired) electrons. The minimum absolute atomic E-state index is 0.00967. The van der Waals surface area contributed by atoms with Crippen molar-refractivity contribution in [3.63, 3.8) is 0 Å². The summed E-state index contributed by atoms with van der Waals surface area (Å²) >= 11 is 1.32. The summed E-state index contributed by atoms with van der Waals surface area (Å²) in [6.45, 7) is 4.77. The molecule has 0 saturated heterocycles. The molecule has 4 rings (SSSR count). The fourth-order valence-electron chi connectivity index (χ4n) is 3.46. The molecule has 0 aliphatic heterocycles. The van der Waals surface area contributed by atoms with Gasteiger partial charge in [0, 0.05) is 11.9 Å². The van der Waals surface area contributed by atoms with E-state index in [0.29, 0.717) is 21.2 Å². The van der Waals surface area contributed by atoms with Gasteiger partial charge in [0.2, 0.25) is 5.13 Å². The maximum absolute atomic E-state index is 13.8. The van der Waals surface area contributed by atoms with Crippen molar-refractivity contribution >= 4 is 27.4 Å². The van der Waals surface area contributed by atoms with Crippen LogP contribution in [0.4, 0.5) is 18.3 Å². The van der Waals surface area contributed by atoms with Crippen LogP contribution in [0.2, 0.25) is 0 Å². The average molecular weight is 421 g/mol. The first-order chi connectivity index (χ1) is 13.9. The third-order valence-electron chi connectivity index (χ3n) is 5.20. The van der Waals surface area contributed by atoms with Gasteiger partial charge in [0.25, 0.3) is 0 Å². The zero-order chi connectivity index (χ0) is 20.6. The van der Waals surface area contributed by atoms with Crippen LogP contribution in [-0.2, 0) is 6.18 Å². The minimum atomic E-state index is -4.45. The number of nitrogens with zero attached hydrogens (tertiary/aromatic N) is 3. The Balaban J connectivity index is 1.71. The zero-order valence-corrected chi connectivity index (χ0v) is 17.3. The highest BCUT2D eigenvalue weighted by Gasteiger charge is 2.36. The van der Waals surface area contributed by atoms with E-state index >= 15 is 0 Å². The summed E-state index contributed by atoms with van der Waals surface area (Å²) in [6, 6.07) is 4.95. The summed E-state index contributed by atoms with van der Waals surface area (Å²) < 4.78 is 41.3. The van der Waals surface area contributed by atoms with Crippen LogP contribution in [0.1, 0.15) is 61.6 Å². The van der Waals surface area contributed by atoms with Crippen molar-refractivity contribution in [2.45, 2.75) is 58.0 Å². The number of benzene rings is 1. The topological polar surface area (TPSA) is 50.7 Å². The Morgan fingerprint density at radius 2 is 1.93 bits per heavy atom. The Labute approximate surface area is 171 Å². The van der Waals surface area contributed by atoms with E-state index in [0.717, 1.165) is 49.8 Å². The number of nitrogens with one attached hydrogen (secondary N) is 1. The Hall–Kier alpha value is -2.22. The van der Waals surface area contributed by atoms with Crippen LogP contribution < -0.4 is 5.32 Å². The molecule has 1 N–H and O–H groups in total. The van der Waals surface area contributed by atoms with E-state index in [1.807, 2.05) is 13.0 Å². The third kappa shape index (κ3) is 4.37. The molecule has 4 nitrogen and oxygen atoms in total. The second kappa shape index (κ2) is 7.89. The first-order valence-electron chi connectivity index (χ1n) is 9.97. The first kappa shape index (κ1) is 20.1. The Morgan fingerprint density at radius 3 is 2.62 bits per heavy atom. The van der Waals surface area contributed by atoms with Crippen LogP contribution in [0, 0.1) is 6.92 Å². The van der Waals surface area contributed by atoms with Gasteiger partial charge in [-0.15, -0.1) is 10.2 Å². The van der Waals surface area contributed by atoms with Gasteiger partial charge in [-0.1, -0.05) is 31.1 Å². The molecular formula is C21H23F3N4S. The molecule has 1 aliphatic rings. The number of aryl methyl sites for hydroxylation is 1. The van der Waals surface area contributed by atoms with Gasteiger partial charge in [-0.3, -0.25) is 0 Å². The molecule has 1 fully saturated rings. The van der Waals surface area contributed by atoms with Gasteiger partial charge in [-0.2, -0.15) is 13.2 Å². The molecule has 0 spiro atoms. The molecule has 3 aromatic rings. The van der Waals surface area contributed by atoms with Crippen molar-refractivity contribution in [3.8, 4) is 10.7 Å². The first-order valence-corrected chi connectivity index (χ1v) is 10.8. The molecule has 2 heterocycles. The lowest BCUT2D eigenvalue weighted by molar-refractivity contribution is -0.136. The number of hydrogen-bond donors (Lipinski definition) is 1. The molecule has 2 aromatic heterocycles. The van der Waals surface area contributed by atoms with Crippen molar-refractivity contribution in [2.75, 3.05) is 11.9 Å². The number of alkyl halides is 3. The number of halogens is 3. The van der Waals surface area contributed by atoms with E-state index in [4.69, 9.17) is 0 Å². The number of aromatic nitrogens is 3. The molecule has 1 aliphatic carbocycles. The molecule has 8 heteroatoms. The van der Waals surface area contributed by atoms with Gasteiger partial charge in [-0.05, 0) is 61.4 Å². The Bertz CT molecular complexity index is 1020. The standard InChI is InChI=1S/C21H23F3N4S/c1-3-4-5-8-25-20-28-27-19(29-20)17-9-12(2)15-10-14(13-6-7-13)11-16(18(15)26-17)21(22,23)24/h9-11,13H,3-8H2,1-2H3,(H,25,28). The lowest BCUT2D eigenvalue weighted by Crippen LogP contribution is -2.08. The molecule has 0 atom stereocenters. The number of hydrogen-bond acceptors (Lipinski definition) is 5. The van der Waals surface area contributed by atoms with E-state index in [-0.39, 0.29) is 11.4 Å². The minimum Gasteiger partial charge on any atom is -0.360 e. The summed E-state index contributed by atoms with van der Waals surface area (Å²) in [5.41, 5.74) is 1.29.